The predicted octanol–water partition coefficient (Wildman–Crippen LogP) is 6.03. The number of anilines is 1. The third-order valence-electron chi connectivity index (χ3n) is 4.53. The number of carbonyl (C=O) groups excluding carboxylic acids is 1. The topological polar surface area (TPSA) is 71.3 Å². The molecule has 0 heterocycles. The average Bonchev–Trinajstić information content (AvgIpc) is 2.77. The van der Waals surface area contributed by atoms with E-state index in [4.69, 9.17) is 9.47 Å². The van der Waals surface area contributed by atoms with Crippen LogP contribution in [0.3, 0.4) is 0 Å². The maximum atomic E-state index is 13.9. The number of nitrogens with one attached hydrogen (secondary N) is 1. The number of methoxy groups -OCH3 is 1. The van der Waals surface area contributed by atoms with Gasteiger partial charge >= 0.3 is 0 Å². The molecule has 0 atom stereocenters. The number of benzene rings is 3. The first kappa shape index (κ1) is 23.0. The molecule has 7 heteroatoms. The van der Waals surface area contributed by atoms with Crippen molar-refractivity contribution in [3.63, 3.8) is 0 Å². The molecular weight excluding hydrogens is 475 g/mol. The van der Waals surface area contributed by atoms with E-state index in [9.17, 15) is 14.4 Å². The van der Waals surface area contributed by atoms with Gasteiger partial charge in [-0.1, -0.05) is 30.3 Å². The fraction of sp³-hybridized carbons (Fsp3) is 0.120. The Morgan fingerprint density at radius 3 is 2.66 bits per heavy atom. The van der Waals surface area contributed by atoms with E-state index >= 15 is 0 Å². The lowest BCUT2D eigenvalue weighted by Gasteiger charge is -2.14. The fourth-order valence-corrected chi connectivity index (χ4v) is 3.54. The highest BCUT2D eigenvalue weighted by Crippen LogP contribution is 2.38. The molecule has 0 saturated carbocycles. The van der Waals surface area contributed by atoms with Crippen LogP contribution in [0, 0.1) is 24.1 Å². The zero-order valence-corrected chi connectivity index (χ0v) is 19.1. The van der Waals surface area contributed by atoms with Gasteiger partial charge in [0.1, 0.15) is 24.1 Å². The first-order valence-electron chi connectivity index (χ1n) is 9.65. The molecule has 3 aromatic carbocycles. The second kappa shape index (κ2) is 10.6. The Bertz CT molecular complexity index is 1220. The molecule has 1 amide bonds. The molecule has 1 N–H and O–H groups in total. The van der Waals surface area contributed by atoms with Gasteiger partial charge in [-0.25, -0.2) is 4.39 Å². The minimum atomic E-state index is -0.520. The van der Waals surface area contributed by atoms with Gasteiger partial charge in [-0.2, -0.15) is 5.26 Å². The normalized spacial score (nSPS) is 10.9. The first-order valence-corrected chi connectivity index (χ1v) is 10.4. The van der Waals surface area contributed by atoms with Crippen molar-refractivity contribution in [3.05, 3.63) is 93.2 Å². The van der Waals surface area contributed by atoms with E-state index in [0.29, 0.717) is 32.8 Å². The van der Waals surface area contributed by atoms with Crippen LogP contribution in [0.5, 0.6) is 11.5 Å². The molecule has 0 unspecified atom stereocenters. The number of halogens is 2. The second-order valence-electron chi connectivity index (χ2n) is 6.91. The molecule has 0 aliphatic carbocycles. The van der Waals surface area contributed by atoms with Crippen LogP contribution < -0.4 is 14.8 Å². The molecule has 162 valence electrons. The molecule has 0 aliphatic heterocycles. The van der Waals surface area contributed by atoms with Crippen LogP contribution in [0.4, 0.5) is 10.1 Å². The minimum Gasteiger partial charge on any atom is -0.493 e. The summed E-state index contributed by atoms with van der Waals surface area (Å²) < 4.78 is 25.6. The zero-order valence-electron chi connectivity index (χ0n) is 17.5. The van der Waals surface area contributed by atoms with Crippen molar-refractivity contribution in [2.24, 2.45) is 0 Å². The largest absolute Gasteiger partial charge is 0.493 e. The summed E-state index contributed by atoms with van der Waals surface area (Å²) >= 11 is 3.43. The molecule has 0 spiro atoms. The van der Waals surface area contributed by atoms with Gasteiger partial charge in [0.05, 0.1) is 11.6 Å². The quantitative estimate of drug-likeness (QED) is 0.321. The van der Waals surface area contributed by atoms with Crippen LogP contribution in [-0.2, 0) is 11.4 Å². The van der Waals surface area contributed by atoms with Crippen molar-refractivity contribution in [1.82, 2.24) is 0 Å². The van der Waals surface area contributed by atoms with E-state index in [1.165, 1.54) is 19.3 Å². The van der Waals surface area contributed by atoms with Crippen molar-refractivity contribution in [1.29, 1.82) is 5.26 Å². The average molecular weight is 495 g/mol. The molecule has 0 bridgehead atoms. The van der Waals surface area contributed by atoms with E-state index in [-0.39, 0.29) is 18.0 Å². The van der Waals surface area contributed by atoms with Gasteiger partial charge in [0.2, 0.25) is 0 Å². The third kappa shape index (κ3) is 5.74. The van der Waals surface area contributed by atoms with Gasteiger partial charge < -0.3 is 14.8 Å². The fourth-order valence-electron chi connectivity index (χ4n) is 2.97. The van der Waals surface area contributed by atoms with Crippen molar-refractivity contribution < 1.29 is 18.7 Å². The van der Waals surface area contributed by atoms with Gasteiger partial charge in [-0.3, -0.25) is 4.79 Å². The van der Waals surface area contributed by atoms with Crippen molar-refractivity contribution in [3.8, 4) is 17.6 Å². The standard InChI is InChI=1S/C25H20BrFN2O3/c1-16-6-5-8-20(10-16)29-25(30)19(14-28)11-17-12-21(26)24(23(13-17)31-2)32-15-18-7-3-4-9-22(18)27/h3-13H,15H2,1-2H3,(H,29,30)/b19-11-. The molecular formula is C25H20BrFN2O3. The first-order chi connectivity index (χ1) is 15.4. The summed E-state index contributed by atoms with van der Waals surface area (Å²) in [6.45, 7) is 1.93. The lowest BCUT2D eigenvalue weighted by Crippen LogP contribution is -2.13. The number of hydrogen-bond acceptors (Lipinski definition) is 4. The van der Waals surface area contributed by atoms with E-state index in [0.717, 1.165) is 5.56 Å². The van der Waals surface area contributed by atoms with Crippen LogP contribution in [0.25, 0.3) is 6.08 Å². The smallest absolute Gasteiger partial charge is 0.266 e. The number of hydrogen-bond donors (Lipinski definition) is 1. The van der Waals surface area contributed by atoms with Gasteiger partial charge in [0, 0.05) is 11.3 Å². The lowest BCUT2D eigenvalue weighted by atomic mass is 10.1. The highest BCUT2D eigenvalue weighted by molar-refractivity contribution is 9.10. The molecule has 3 aromatic rings. The summed E-state index contributed by atoms with van der Waals surface area (Å²) in [4.78, 5) is 12.6. The van der Waals surface area contributed by atoms with Crippen LogP contribution in [0.15, 0.2) is 70.7 Å². The number of amides is 1. The van der Waals surface area contributed by atoms with Crippen LogP contribution in [0.1, 0.15) is 16.7 Å². The Labute approximate surface area is 194 Å². The summed E-state index contributed by atoms with van der Waals surface area (Å²) in [5.41, 5.74) is 2.49. The SMILES string of the molecule is COc1cc(/C=C(/C#N)C(=O)Nc2cccc(C)c2)cc(Br)c1OCc1ccccc1F. The molecule has 0 aliphatic rings. The van der Waals surface area contributed by atoms with E-state index in [1.54, 1.807) is 36.4 Å². The minimum absolute atomic E-state index is 0.0131. The molecule has 0 fully saturated rings. The molecule has 32 heavy (non-hydrogen) atoms. The Hall–Kier alpha value is -3.63. The molecule has 5 nitrogen and oxygen atoms in total. The van der Waals surface area contributed by atoms with Crippen molar-refractivity contribution in [2.75, 3.05) is 12.4 Å². The van der Waals surface area contributed by atoms with E-state index in [2.05, 4.69) is 21.2 Å². The van der Waals surface area contributed by atoms with Crippen molar-refractivity contribution >= 4 is 33.6 Å². The molecule has 0 aromatic heterocycles. The van der Waals surface area contributed by atoms with Gasteiger partial charge in [-0.15, -0.1) is 0 Å². The summed E-state index contributed by atoms with van der Waals surface area (Å²) in [5, 5.41) is 12.2. The summed E-state index contributed by atoms with van der Waals surface area (Å²) in [7, 11) is 1.47. The lowest BCUT2D eigenvalue weighted by molar-refractivity contribution is -0.112. The number of carbonyl (C=O) groups is 1. The van der Waals surface area contributed by atoms with Gasteiger partial charge in [0.15, 0.2) is 11.5 Å². The number of nitrogens with zero attached hydrogens (tertiary/aromatic N) is 1. The number of ether oxygens (including phenoxy) is 2. The third-order valence-corrected chi connectivity index (χ3v) is 5.12. The highest BCUT2D eigenvalue weighted by Gasteiger charge is 2.15. The second-order valence-corrected chi connectivity index (χ2v) is 7.76. The summed E-state index contributed by atoms with van der Waals surface area (Å²) in [5.74, 6) is -0.123. The monoisotopic (exact) mass is 494 g/mol. The maximum absolute atomic E-state index is 13.9. The van der Waals surface area contributed by atoms with E-state index in [1.807, 2.05) is 31.2 Å². The maximum Gasteiger partial charge on any atom is 0.266 e. The Morgan fingerprint density at radius 1 is 1.19 bits per heavy atom. The summed E-state index contributed by atoms with van der Waals surface area (Å²) in [6, 6.07) is 18.9. The van der Waals surface area contributed by atoms with Gasteiger partial charge in [-0.05, 0) is 70.4 Å². The highest BCUT2D eigenvalue weighted by atomic mass is 79.9. The number of aryl methyl sites for hydroxylation is 1. The van der Waals surface area contributed by atoms with Crippen molar-refractivity contribution in [2.45, 2.75) is 13.5 Å². The molecule has 0 saturated heterocycles. The van der Waals surface area contributed by atoms with E-state index < -0.39 is 5.91 Å². The number of rotatable bonds is 7. The predicted molar refractivity (Wildman–Crippen MR) is 125 cm³/mol. The number of nitriles is 1. The van der Waals surface area contributed by atoms with Crippen LogP contribution in [0.2, 0.25) is 0 Å². The Kier molecular flexibility index (Phi) is 7.63. The Balaban J connectivity index is 1.83. The zero-order chi connectivity index (χ0) is 23.1. The van der Waals surface area contributed by atoms with Crippen LogP contribution >= 0.6 is 15.9 Å². The summed E-state index contributed by atoms with van der Waals surface area (Å²) in [6.07, 6.45) is 1.46. The van der Waals surface area contributed by atoms with Gasteiger partial charge in [0.25, 0.3) is 5.91 Å². The molecule has 3 rings (SSSR count). The molecule has 0 radical (unpaired) electrons. The van der Waals surface area contributed by atoms with Crippen LogP contribution in [-0.4, -0.2) is 13.0 Å². The Morgan fingerprint density at radius 2 is 1.97 bits per heavy atom.